The van der Waals surface area contributed by atoms with Gasteiger partial charge < -0.3 is 24.4 Å². The fraction of sp³-hybridized carbons (Fsp3) is 0.455. The molecule has 44 heavy (non-hydrogen) atoms. The number of nitrogens with one attached hydrogen (secondary N) is 1. The number of fused-ring (bicyclic) bond motifs is 2. The van der Waals surface area contributed by atoms with Gasteiger partial charge in [-0.05, 0) is 87.9 Å². The Morgan fingerprint density at radius 1 is 1.18 bits per heavy atom. The molecular formula is C33H36FN7O3. The number of nitriles is 1. The molecule has 7 rings (SSSR count). The van der Waals surface area contributed by atoms with Gasteiger partial charge in [0.05, 0.1) is 22.9 Å². The van der Waals surface area contributed by atoms with E-state index in [2.05, 4.69) is 21.2 Å². The molecule has 1 unspecified atom stereocenters. The van der Waals surface area contributed by atoms with E-state index in [0.717, 1.165) is 59.8 Å². The van der Waals surface area contributed by atoms with Crippen LogP contribution in [0.4, 0.5) is 14.9 Å². The van der Waals surface area contributed by atoms with Crippen LogP contribution in [0, 0.1) is 24.1 Å². The molecule has 0 radical (unpaired) electrons. The molecule has 2 aromatic heterocycles. The predicted octanol–water partition coefficient (Wildman–Crippen LogP) is 5.02. The van der Waals surface area contributed by atoms with Crippen LogP contribution >= 0.6 is 0 Å². The second kappa shape index (κ2) is 10.6. The van der Waals surface area contributed by atoms with Gasteiger partial charge in [0.2, 0.25) is 0 Å². The van der Waals surface area contributed by atoms with Crippen molar-refractivity contribution in [2.75, 3.05) is 38.1 Å². The molecule has 228 valence electrons. The van der Waals surface area contributed by atoms with Crippen LogP contribution in [0.2, 0.25) is 0 Å². The molecule has 2 N–H and O–H groups in total. The number of benzene rings is 2. The number of H-pyrrole nitrogens is 1. The van der Waals surface area contributed by atoms with Gasteiger partial charge in [0, 0.05) is 54.6 Å². The monoisotopic (exact) mass is 597 g/mol. The standard InChI is InChI=1S/C33H36FN7O3/c1-18-6-9-26-25(15-36-37-26)27(18)28-22(20-7-8-20)13-23-30(39-11-12-40(33(43)44)19(2)16-39)24(14-35)32(42)41(31(23)29(28)34)17-21-5-4-10-38(21)3/h6,9,13,15,19-21H,4-5,7-8,10-12,16-17H2,1-3H3,(H,36,37)(H,43,44)/t19-,21?/m1/s1. The molecule has 4 aromatic rings. The summed E-state index contributed by atoms with van der Waals surface area (Å²) in [4.78, 5) is 31.6. The number of aromatic amines is 1. The molecule has 2 aromatic carbocycles. The quantitative estimate of drug-likeness (QED) is 0.331. The number of aryl methyl sites for hydroxylation is 1. The molecule has 1 aliphatic carbocycles. The second-order valence-corrected chi connectivity index (χ2v) is 12.7. The van der Waals surface area contributed by atoms with E-state index in [4.69, 9.17) is 0 Å². The molecule has 1 saturated carbocycles. The normalized spacial score (nSPS) is 21.0. The molecule has 2 aliphatic heterocycles. The minimum Gasteiger partial charge on any atom is -0.465 e. The van der Waals surface area contributed by atoms with E-state index in [1.807, 2.05) is 44.0 Å². The van der Waals surface area contributed by atoms with Gasteiger partial charge in [-0.1, -0.05) is 6.07 Å². The van der Waals surface area contributed by atoms with Crippen molar-refractivity contribution in [2.24, 2.45) is 0 Å². The summed E-state index contributed by atoms with van der Waals surface area (Å²) in [7, 11) is 2.02. The molecule has 0 spiro atoms. The molecular weight excluding hydrogens is 561 g/mol. The maximum Gasteiger partial charge on any atom is 0.407 e. The number of rotatable bonds is 5. The van der Waals surface area contributed by atoms with Crippen LogP contribution < -0.4 is 10.5 Å². The first kappa shape index (κ1) is 28.3. The van der Waals surface area contributed by atoms with Crippen LogP contribution in [0.25, 0.3) is 32.9 Å². The van der Waals surface area contributed by atoms with E-state index in [1.54, 1.807) is 6.20 Å². The van der Waals surface area contributed by atoms with Gasteiger partial charge in [-0.15, -0.1) is 0 Å². The van der Waals surface area contributed by atoms with Crippen LogP contribution in [0.1, 0.15) is 55.2 Å². The Morgan fingerprint density at radius 3 is 2.64 bits per heavy atom. The van der Waals surface area contributed by atoms with E-state index in [-0.39, 0.29) is 42.2 Å². The Bertz CT molecular complexity index is 1920. The van der Waals surface area contributed by atoms with Crippen LogP contribution in [-0.2, 0) is 6.54 Å². The highest BCUT2D eigenvalue weighted by atomic mass is 19.1. The van der Waals surface area contributed by atoms with Crippen molar-refractivity contribution in [1.29, 1.82) is 5.26 Å². The number of hydrogen-bond donors (Lipinski definition) is 2. The average molecular weight is 598 g/mol. The number of likely N-dealkylation sites (tertiary alicyclic amines) is 1. The summed E-state index contributed by atoms with van der Waals surface area (Å²) in [6, 6.07) is 7.78. The van der Waals surface area contributed by atoms with E-state index in [0.29, 0.717) is 29.7 Å². The maximum absolute atomic E-state index is 17.7. The van der Waals surface area contributed by atoms with Gasteiger partial charge in [-0.2, -0.15) is 10.4 Å². The zero-order valence-corrected chi connectivity index (χ0v) is 25.2. The fourth-order valence-corrected chi connectivity index (χ4v) is 7.47. The van der Waals surface area contributed by atoms with Crippen LogP contribution in [0.5, 0.6) is 0 Å². The fourth-order valence-electron chi connectivity index (χ4n) is 7.47. The molecule has 3 aliphatic rings. The molecule has 4 heterocycles. The van der Waals surface area contributed by atoms with Crippen LogP contribution in [0.15, 0.2) is 29.2 Å². The Balaban J connectivity index is 1.55. The lowest BCUT2D eigenvalue weighted by molar-refractivity contribution is 0.123. The smallest absolute Gasteiger partial charge is 0.407 e. The van der Waals surface area contributed by atoms with Gasteiger partial charge in [-0.3, -0.25) is 9.89 Å². The number of anilines is 1. The van der Waals surface area contributed by atoms with Crippen LogP contribution in [0.3, 0.4) is 0 Å². The Labute approximate surface area is 254 Å². The molecule has 2 saturated heterocycles. The number of amides is 1. The van der Waals surface area contributed by atoms with Gasteiger partial charge in [0.25, 0.3) is 5.56 Å². The van der Waals surface area contributed by atoms with E-state index < -0.39 is 17.5 Å². The van der Waals surface area contributed by atoms with E-state index in [9.17, 15) is 20.0 Å². The first-order valence-corrected chi connectivity index (χ1v) is 15.4. The summed E-state index contributed by atoms with van der Waals surface area (Å²) >= 11 is 0. The van der Waals surface area contributed by atoms with Crippen molar-refractivity contribution in [1.82, 2.24) is 24.6 Å². The van der Waals surface area contributed by atoms with E-state index in [1.165, 1.54) is 9.47 Å². The highest BCUT2D eigenvalue weighted by Crippen LogP contribution is 2.50. The van der Waals surface area contributed by atoms with Crippen molar-refractivity contribution < 1.29 is 14.3 Å². The third-order valence-electron chi connectivity index (χ3n) is 9.96. The minimum absolute atomic E-state index is 0.0175. The number of carbonyl (C=O) groups is 1. The molecule has 3 fully saturated rings. The van der Waals surface area contributed by atoms with Gasteiger partial charge in [-0.25, -0.2) is 9.18 Å². The van der Waals surface area contributed by atoms with Crippen molar-refractivity contribution >= 4 is 33.6 Å². The van der Waals surface area contributed by atoms with E-state index >= 15 is 4.39 Å². The summed E-state index contributed by atoms with van der Waals surface area (Å²) in [6.45, 7) is 5.76. The average Bonchev–Trinajstić information content (AvgIpc) is 3.59. The summed E-state index contributed by atoms with van der Waals surface area (Å²) in [5.74, 6) is -0.296. The topological polar surface area (TPSA) is 121 Å². The van der Waals surface area contributed by atoms with Crippen molar-refractivity contribution in [3.8, 4) is 17.2 Å². The lowest BCUT2D eigenvalue weighted by Gasteiger charge is -2.40. The third-order valence-corrected chi connectivity index (χ3v) is 9.96. The summed E-state index contributed by atoms with van der Waals surface area (Å²) in [5, 5.41) is 28.7. The number of likely N-dealkylation sites (N-methyl/N-ethyl adjacent to an activating group) is 1. The van der Waals surface area contributed by atoms with Gasteiger partial charge in [0.1, 0.15) is 11.6 Å². The minimum atomic E-state index is -1.01. The Morgan fingerprint density at radius 2 is 1.98 bits per heavy atom. The maximum atomic E-state index is 17.7. The number of aromatic nitrogens is 3. The number of hydrogen-bond acceptors (Lipinski definition) is 6. The van der Waals surface area contributed by atoms with Crippen molar-refractivity contribution in [3.05, 3.63) is 57.3 Å². The highest BCUT2D eigenvalue weighted by molar-refractivity contribution is 6.03. The van der Waals surface area contributed by atoms with Gasteiger partial charge >= 0.3 is 6.09 Å². The number of carboxylic acid groups (broad SMARTS) is 1. The number of nitrogens with zero attached hydrogens (tertiary/aromatic N) is 6. The van der Waals surface area contributed by atoms with Crippen LogP contribution in [-0.4, -0.2) is 81.1 Å². The van der Waals surface area contributed by atoms with Crippen molar-refractivity contribution in [2.45, 2.75) is 64.1 Å². The first-order valence-electron chi connectivity index (χ1n) is 15.4. The molecule has 2 atom stereocenters. The lowest BCUT2D eigenvalue weighted by Crippen LogP contribution is -2.54. The molecule has 10 nitrogen and oxygen atoms in total. The summed E-state index contributed by atoms with van der Waals surface area (Å²) in [6.07, 6.45) is 4.45. The SMILES string of the molecule is Cc1ccc2[nH]ncc2c1-c1c(C2CC2)cc2c(N3CCN(C(=O)O)[C@H](C)C3)c(C#N)c(=O)n(CC3CCCN3C)c2c1F. The molecule has 11 heteroatoms. The lowest BCUT2D eigenvalue weighted by atomic mass is 9.88. The van der Waals surface area contributed by atoms with Gasteiger partial charge in [0.15, 0.2) is 5.82 Å². The predicted molar refractivity (Wildman–Crippen MR) is 167 cm³/mol. The second-order valence-electron chi connectivity index (χ2n) is 12.7. The van der Waals surface area contributed by atoms with Crippen molar-refractivity contribution in [3.63, 3.8) is 0 Å². The zero-order valence-electron chi connectivity index (χ0n) is 25.2. The Kier molecular flexibility index (Phi) is 6.85. The molecule has 1 amide bonds. The highest BCUT2D eigenvalue weighted by Gasteiger charge is 2.36. The molecule has 0 bridgehead atoms. The number of piperazine rings is 1. The zero-order chi connectivity index (χ0) is 30.9. The first-order chi connectivity index (χ1) is 21.2. The summed E-state index contributed by atoms with van der Waals surface area (Å²) in [5.41, 5.74) is 3.95. The number of halogens is 1. The largest absolute Gasteiger partial charge is 0.465 e. The Hall–Kier alpha value is -4.43. The third kappa shape index (κ3) is 4.42. The summed E-state index contributed by atoms with van der Waals surface area (Å²) < 4.78 is 19.2. The number of pyridine rings is 1.